The number of thioether (sulfide) groups is 1. The molecule has 0 unspecified atom stereocenters. The van der Waals surface area contributed by atoms with Gasteiger partial charge in [0, 0.05) is 11.5 Å². The van der Waals surface area contributed by atoms with Gasteiger partial charge in [0.1, 0.15) is 5.60 Å². The highest BCUT2D eigenvalue weighted by atomic mass is 32.2. The molecule has 0 atom stereocenters. The zero-order valence-electron chi connectivity index (χ0n) is 6.16. The normalized spacial score (nSPS) is 20.8. The molecule has 2 rings (SSSR count). The van der Waals surface area contributed by atoms with Gasteiger partial charge in [0.15, 0.2) is 0 Å². The molecule has 1 saturated heterocycles. The minimum Gasteiger partial charge on any atom is -0.383 e. The zero-order valence-corrected chi connectivity index (χ0v) is 6.97. The molecule has 0 radical (unpaired) electrons. The average molecular weight is 166 g/mol. The summed E-state index contributed by atoms with van der Waals surface area (Å²) in [7, 11) is 0. The molecule has 58 valence electrons. The van der Waals surface area contributed by atoms with Gasteiger partial charge in [0.25, 0.3) is 0 Å². The number of benzene rings is 1. The molecule has 1 aliphatic rings. The molecule has 11 heavy (non-hydrogen) atoms. The molecule has 1 heterocycles. The highest BCUT2D eigenvalue weighted by Gasteiger charge is 2.36. The topological polar surface area (TPSA) is 20.2 Å². The predicted molar refractivity (Wildman–Crippen MR) is 47.7 cm³/mol. The van der Waals surface area contributed by atoms with Crippen LogP contribution in [0, 0.1) is 0 Å². The summed E-state index contributed by atoms with van der Waals surface area (Å²) in [6, 6.07) is 9.88. The van der Waals surface area contributed by atoms with Gasteiger partial charge in [-0.3, -0.25) is 0 Å². The van der Waals surface area contributed by atoms with Crippen molar-refractivity contribution in [2.24, 2.45) is 0 Å². The first-order valence-electron chi connectivity index (χ1n) is 3.67. The Morgan fingerprint density at radius 3 is 2.27 bits per heavy atom. The van der Waals surface area contributed by atoms with Gasteiger partial charge in [-0.1, -0.05) is 30.3 Å². The van der Waals surface area contributed by atoms with Crippen LogP contribution in [0.5, 0.6) is 0 Å². The van der Waals surface area contributed by atoms with E-state index in [1.54, 1.807) is 11.8 Å². The van der Waals surface area contributed by atoms with Gasteiger partial charge in [0.2, 0.25) is 0 Å². The Bertz CT molecular complexity index is 241. The molecule has 1 aromatic carbocycles. The van der Waals surface area contributed by atoms with Crippen molar-refractivity contribution in [1.29, 1.82) is 0 Å². The smallest absolute Gasteiger partial charge is 0.108 e. The second kappa shape index (κ2) is 2.54. The number of aliphatic hydroxyl groups is 1. The molecule has 0 aliphatic carbocycles. The van der Waals surface area contributed by atoms with E-state index in [9.17, 15) is 5.11 Å². The van der Waals surface area contributed by atoms with Gasteiger partial charge in [-0.25, -0.2) is 0 Å². The van der Waals surface area contributed by atoms with Crippen LogP contribution in [0.4, 0.5) is 0 Å². The molecule has 2 heteroatoms. The maximum absolute atomic E-state index is 9.86. The summed E-state index contributed by atoms with van der Waals surface area (Å²) in [5, 5.41) is 9.86. The lowest BCUT2D eigenvalue weighted by atomic mass is 9.97. The standard InChI is InChI=1S/C9H10OS/c10-9(6-11-7-9)8-4-2-1-3-5-8/h1-5,10H,6-7H2. The molecule has 0 saturated carbocycles. The molecule has 0 bridgehead atoms. The monoisotopic (exact) mass is 166 g/mol. The fourth-order valence-corrected chi connectivity index (χ4v) is 2.13. The molecule has 1 N–H and O–H groups in total. The van der Waals surface area contributed by atoms with Crippen LogP contribution in [0.3, 0.4) is 0 Å². The third kappa shape index (κ3) is 1.17. The van der Waals surface area contributed by atoms with E-state index in [1.807, 2.05) is 30.3 Å². The lowest BCUT2D eigenvalue weighted by Crippen LogP contribution is -2.39. The SMILES string of the molecule is OC1(c2ccccc2)CSC1. The maximum Gasteiger partial charge on any atom is 0.108 e. The molecule has 1 aliphatic heterocycles. The van der Waals surface area contributed by atoms with E-state index in [1.165, 1.54) is 0 Å². The summed E-state index contributed by atoms with van der Waals surface area (Å²) >= 11 is 1.79. The molecular weight excluding hydrogens is 156 g/mol. The fraction of sp³-hybridized carbons (Fsp3) is 0.333. The van der Waals surface area contributed by atoms with Crippen LogP contribution in [0.1, 0.15) is 5.56 Å². The molecule has 0 spiro atoms. The van der Waals surface area contributed by atoms with Gasteiger partial charge in [-0.2, -0.15) is 11.8 Å². The van der Waals surface area contributed by atoms with Crippen LogP contribution in [0.25, 0.3) is 0 Å². The number of hydrogen-bond donors (Lipinski definition) is 1. The van der Waals surface area contributed by atoms with Crippen molar-refractivity contribution in [2.45, 2.75) is 5.60 Å². The summed E-state index contributed by atoms with van der Waals surface area (Å²) in [5.74, 6) is 1.69. The minimum atomic E-state index is -0.522. The zero-order chi connectivity index (χ0) is 7.73. The van der Waals surface area contributed by atoms with Crippen LogP contribution in [0.2, 0.25) is 0 Å². The van der Waals surface area contributed by atoms with Crippen molar-refractivity contribution in [3.05, 3.63) is 35.9 Å². The molecule has 0 amide bonds. The summed E-state index contributed by atoms with van der Waals surface area (Å²) in [5.41, 5.74) is 0.533. The maximum atomic E-state index is 9.86. The van der Waals surface area contributed by atoms with Gasteiger partial charge in [-0.05, 0) is 5.56 Å². The first-order valence-corrected chi connectivity index (χ1v) is 4.82. The van der Waals surface area contributed by atoms with Crippen molar-refractivity contribution in [1.82, 2.24) is 0 Å². The Morgan fingerprint density at radius 2 is 1.82 bits per heavy atom. The minimum absolute atomic E-state index is 0.522. The first-order chi connectivity index (χ1) is 5.31. The largest absolute Gasteiger partial charge is 0.383 e. The van der Waals surface area contributed by atoms with E-state index in [0.717, 1.165) is 17.1 Å². The lowest BCUT2D eigenvalue weighted by molar-refractivity contribution is 0.0769. The summed E-state index contributed by atoms with van der Waals surface area (Å²) in [4.78, 5) is 0. The number of rotatable bonds is 1. The van der Waals surface area contributed by atoms with E-state index in [-0.39, 0.29) is 0 Å². The van der Waals surface area contributed by atoms with E-state index in [4.69, 9.17) is 0 Å². The molecule has 1 aromatic rings. The summed E-state index contributed by atoms with van der Waals surface area (Å²) in [6.45, 7) is 0. The van der Waals surface area contributed by atoms with Crippen molar-refractivity contribution in [3.63, 3.8) is 0 Å². The van der Waals surface area contributed by atoms with Gasteiger partial charge in [-0.15, -0.1) is 0 Å². The Balaban J connectivity index is 2.29. The van der Waals surface area contributed by atoms with E-state index >= 15 is 0 Å². The van der Waals surface area contributed by atoms with E-state index in [0.29, 0.717) is 0 Å². The predicted octanol–water partition coefficient (Wildman–Crippen LogP) is 1.62. The summed E-state index contributed by atoms with van der Waals surface area (Å²) in [6.07, 6.45) is 0. The number of hydrogen-bond acceptors (Lipinski definition) is 2. The van der Waals surface area contributed by atoms with Gasteiger partial charge < -0.3 is 5.11 Å². The average Bonchev–Trinajstić information content (AvgIpc) is 2.02. The van der Waals surface area contributed by atoms with Crippen LogP contribution < -0.4 is 0 Å². The first kappa shape index (κ1) is 7.19. The Morgan fingerprint density at radius 1 is 1.18 bits per heavy atom. The third-order valence-corrected chi connectivity index (χ3v) is 3.36. The third-order valence-electron chi connectivity index (χ3n) is 1.99. The Kier molecular flexibility index (Phi) is 1.66. The fourth-order valence-electron chi connectivity index (χ4n) is 1.21. The van der Waals surface area contributed by atoms with E-state index < -0.39 is 5.60 Å². The second-order valence-corrected chi connectivity index (χ2v) is 3.88. The quantitative estimate of drug-likeness (QED) is 0.684. The van der Waals surface area contributed by atoms with Crippen molar-refractivity contribution in [2.75, 3.05) is 11.5 Å². The molecular formula is C9H10OS. The highest BCUT2D eigenvalue weighted by Crippen LogP contribution is 2.37. The van der Waals surface area contributed by atoms with Crippen LogP contribution >= 0.6 is 11.8 Å². The van der Waals surface area contributed by atoms with Crippen molar-refractivity contribution >= 4 is 11.8 Å². The second-order valence-electron chi connectivity index (χ2n) is 2.89. The summed E-state index contributed by atoms with van der Waals surface area (Å²) < 4.78 is 0. The van der Waals surface area contributed by atoms with Gasteiger partial charge >= 0.3 is 0 Å². The lowest BCUT2D eigenvalue weighted by Gasteiger charge is -2.36. The Labute approximate surface area is 70.4 Å². The molecule has 1 nitrogen and oxygen atoms in total. The Hall–Kier alpha value is -0.470. The van der Waals surface area contributed by atoms with E-state index in [2.05, 4.69) is 0 Å². The van der Waals surface area contributed by atoms with Crippen LogP contribution in [0.15, 0.2) is 30.3 Å². The highest BCUT2D eigenvalue weighted by molar-refractivity contribution is 8.00. The molecule has 1 fully saturated rings. The van der Waals surface area contributed by atoms with Crippen molar-refractivity contribution < 1.29 is 5.11 Å². The van der Waals surface area contributed by atoms with Crippen molar-refractivity contribution in [3.8, 4) is 0 Å². The van der Waals surface area contributed by atoms with Gasteiger partial charge in [0.05, 0.1) is 0 Å². The molecule has 0 aromatic heterocycles. The van der Waals surface area contributed by atoms with Crippen LogP contribution in [-0.2, 0) is 5.60 Å². The van der Waals surface area contributed by atoms with Crippen LogP contribution in [-0.4, -0.2) is 16.6 Å².